The van der Waals surface area contributed by atoms with Gasteiger partial charge in [0.05, 0.1) is 12.7 Å². The number of esters is 1. The molecule has 2 aliphatic rings. The molecule has 0 saturated heterocycles. The molecule has 0 spiro atoms. The number of carbonyl (C=O) groups excluding carboxylic acids is 2. The van der Waals surface area contributed by atoms with Crippen molar-refractivity contribution >= 4 is 17.6 Å². The molecule has 1 heterocycles. The molecular formula is C24H20N2O4. The Morgan fingerprint density at radius 1 is 1.17 bits per heavy atom. The quantitative estimate of drug-likeness (QED) is 0.792. The van der Waals surface area contributed by atoms with Gasteiger partial charge in [0.25, 0.3) is 0 Å². The molecule has 6 heteroatoms. The average Bonchev–Trinajstić information content (AvgIpc) is 2.77. The topological polar surface area (TPSA) is 88.4 Å². The Labute approximate surface area is 174 Å². The van der Waals surface area contributed by atoms with Gasteiger partial charge in [-0.05, 0) is 41.7 Å². The first-order valence-electron chi connectivity index (χ1n) is 9.62. The van der Waals surface area contributed by atoms with E-state index in [9.17, 15) is 14.9 Å². The summed E-state index contributed by atoms with van der Waals surface area (Å²) in [5, 5.41) is 12.6. The Morgan fingerprint density at radius 3 is 2.70 bits per heavy atom. The minimum absolute atomic E-state index is 0.133. The number of nitriles is 1. The molecule has 0 bridgehead atoms. The summed E-state index contributed by atoms with van der Waals surface area (Å²) in [5.74, 6) is -0.412. The summed E-state index contributed by atoms with van der Waals surface area (Å²) in [5.41, 5.74) is 4.55. The van der Waals surface area contributed by atoms with Crippen LogP contribution in [0.4, 0.5) is 0 Å². The maximum absolute atomic E-state index is 12.1. The van der Waals surface area contributed by atoms with Crippen LogP contribution in [0.15, 0.2) is 65.6 Å². The zero-order valence-corrected chi connectivity index (χ0v) is 16.7. The van der Waals surface area contributed by atoms with Crippen molar-refractivity contribution in [3.8, 4) is 6.07 Å². The number of carbonyl (C=O) groups is 2. The fraction of sp³-hybridized carbons (Fsp3) is 0.208. The molecule has 4 rings (SSSR count). The van der Waals surface area contributed by atoms with Gasteiger partial charge in [0.1, 0.15) is 17.4 Å². The van der Waals surface area contributed by atoms with Crippen LogP contribution in [0.2, 0.25) is 0 Å². The molecule has 0 radical (unpaired) electrons. The first-order valence-corrected chi connectivity index (χ1v) is 9.62. The minimum Gasteiger partial charge on any atom is -0.465 e. The van der Waals surface area contributed by atoms with E-state index in [2.05, 4.69) is 17.5 Å². The molecule has 0 fully saturated rings. The Bertz CT molecular complexity index is 1150. The number of amides is 1. The number of fused-ring (bicyclic) bond motifs is 2. The number of nitrogens with one attached hydrogen (secondary N) is 1. The number of hydrogen-bond acceptors (Lipinski definition) is 5. The summed E-state index contributed by atoms with van der Waals surface area (Å²) >= 11 is 0. The molecule has 1 N–H and O–H groups in total. The van der Waals surface area contributed by atoms with Crippen molar-refractivity contribution in [2.45, 2.75) is 25.7 Å². The van der Waals surface area contributed by atoms with Crippen LogP contribution >= 0.6 is 0 Å². The predicted molar refractivity (Wildman–Crippen MR) is 110 cm³/mol. The van der Waals surface area contributed by atoms with Gasteiger partial charge in [-0.3, -0.25) is 10.1 Å². The smallest absolute Gasteiger partial charge is 0.337 e. The van der Waals surface area contributed by atoms with Crippen molar-refractivity contribution < 1.29 is 19.1 Å². The Hall–Kier alpha value is -3.85. The second kappa shape index (κ2) is 7.88. The number of benzene rings is 2. The molecule has 1 amide bonds. The van der Waals surface area contributed by atoms with Crippen molar-refractivity contribution in [3.05, 3.63) is 87.8 Å². The van der Waals surface area contributed by atoms with Crippen LogP contribution in [0.3, 0.4) is 0 Å². The van der Waals surface area contributed by atoms with E-state index in [1.54, 1.807) is 18.2 Å². The molecule has 6 nitrogen and oxygen atoms in total. The molecule has 150 valence electrons. The SMILES string of the molecule is COC(=O)c1cccc(C2C(C#N)=C(NC(C)=O)OC3=C2CCc2ccccc23)c1. The molecular weight excluding hydrogens is 380 g/mol. The lowest BCUT2D eigenvalue weighted by molar-refractivity contribution is -0.118. The van der Waals surface area contributed by atoms with Gasteiger partial charge < -0.3 is 9.47 Å². The van der Waals surface area contributed by atoms with Gasteiger partial charge in [0.2, 0.25) is 11.8 Å². The number of ether oxygens (including phenoxy) is 2. The molecule has 1 aliphatic carbocycles. The monoisotopic (exact) mass is 400 g/mol. The summed E-state index contributed by atoms with van der Waals surface area (Å²) in [7, 11) is 1.33. The van der Waals surface area contributed by atoms with E-state index in [1.165, 1.54) is 14.0 Å². The van der Waals surface area contributed by atoms with E-state index in [0.717, 1.165) is 28.7 Å². The summed E-state index contributed by atoms with van der Waals surface area (Å²) in [6.45, 7) is 1.37. The first kappa shape index (κ1) is 19.5. The summed E-state index contributed by atoms with van der Waals surface area (Å²) in [4.78, 5) is 23.9. The van der Waals surface area contributed by atoms with E-state index in [4.69, 9.17) is 9.47 Å². The van der Waals surface area contributed by atoms with Crippen molar-refractivity contribution in [1.82, 2.24) is 5.32 Å². The highest BCUT2D eigenvalue weighted by atomic mass is 16.5. The Balaban J connectivity index is 1.92. The summed E-state index contributed by atoms with van der Waals surface area (Å²) < 4.78 is 10.9. The number of methoxy groups -OCH3 is 1. The lowest BCUT2D eigenvalue weighted by Crippen LogP contribution is -2.29. The maximum Gasteiger partial charge on any atom is 0.337 e. The summed E-state index contributed by atoms with van der Waals surface area (Å²) in [6.07, 6.45) is 1.53. The van der Waals surface area contributed by atoms with Gasteiger partial charge in [-0.1, -0.05) is 36.4 Å². The van der Waals surface area contributed by atoms with Crippen LogP contribution in [-0.2, 0) is 20.7 Å². The fourth-order valence-electron chi connectivity index (χ4n) is 4.07. The maximum atomic E-state index is 12.1. The standard InChI is InChI=1S/C24H20N2O4/c1-14(27)26-23-20(13-25)21(16-7-5-8-17(12-16)24(28)29-2)19-11-10-15-6-3-4-9-18(15)22(19)30-23/h3-9,12,21H,10-11H2,1-2H3,(H,26,27). The fourth-order valence-corrected chi connectivity index (χ4v) is 4.07. The minimum atomic E-state index is -0.448. The van der Waals surface area contributed by atoms with Crippen LogP contribution in [0.1, 0.15) is 46.3 Å². The van der Waals surface area contributed by atoms with E-state index in [0.29, 0.717) is 23.3 Å². The average molecular weight is 400 g/mol. The van der Waals surface area contributed by atoms with Crippen LogP contribution < -0.4 is 5.32 Å². The third kappa shape index (κ3) is 3.35. The normalized spacial score (nSPS) is 17.3. The van der Waals surface area contributed by atoms with Gasteiger partial charge in [-0.2, -0.15) is 5.26 Å². The van der Waals surface area contributed by atoms with E-state index >= 15 is 0 Å². The van der Waals surface area contributed by atoms with Crippen molar-refractivity contribution in [1.29, 1.82) is 5.26 Å². The summed E-state index contributed by atoms with van der Waals surface area (Å²) in [6, 6.07) is 17.2. The molecule has 2 aromatic rings. The highest BCUT2D eigenvalue weighted by Crippen LogP contribution is 2.47. The molecule has 2 aromatic carbocycles. The van der Waals surface area contributed by atoms with Crippen LogP contribution in [0.25, 0.3) is 5.76 Å². The van der Waals surface area contributed by atoms with Crippen LogP contribution in [0.5, 0.6) is 0 Å². The molecule has 0 aromatic heterocycles. The number of hydrogen-bond donors (Lipinski definition) is 1. The van der Waals surface area contributed by atoms with Crippen molar-refractivity contribution in [2.75, 3.05) is 7.11 Å². The number of aryl methyl sites for hydroxylation is 1. The molecule has 30 heavy (non-hydrogen) atoms. The van der Waals surface area contributed by atoms with Gasteiger partial charge in [0.15, 0.2) is 0 Å². The lowest BCUT2D eigenvalue weighted by atomic mass is 9.76. The highest BCUT2D eigenvalue weighted by Gasteiger charge is 2.37. The number of rotatable bonds is 3. The molecule has 0 saturated carbocycles. The van der Waals surface area contributed by atoms with Gasteiger partial charge in [-0.25, -0.2) is 4.79 Å². The second-order valence-corrected chi connectivity index (χ2v) is 7.20. The molecule has 1 atom stereocenters. The highest BCUT2D eigenvalue weighted by molar-refractivity contribution is 5.89. The largest absolute Gasteiger partial charge is 0.465 e. The van der Waals surface area contributed by atoms with E-state index in [-0.39, 0.29) is 11.8 Å². The van der Waals surface area contributed by atoms with E-state index < -0.39 is 11.9 Å². The van der Waals surface area contributed by atoms with Gasteiger partial charge in [0, 0.05) is 18.4 Å². The Kier molecular flexibility index (Phi) is 5.11. The zero-order chi connectivity index (χ0) is 21.3. The Morgan fingerprint density at radius 2 is 1.97 bits per heavy atom. The third-order valence-electron chi connectivity index (χ3n) is 5.35. The molecule has 1 unspecified atom stereocenters. The zero-order valence-electron chi connectivity index (χ0n) is 16.7. The van der Waals surface area contributed by atoms with Crippen molar-refractivity contribution in [3.63, 3.8) is 0 Å². The second-order valence-electron chi connectivity index (χ2n) is 7.20. The van der Waals surface area contributed by atoms with Crippen LogP contribution in [-0.4, -0.2) is 19.0 Å². The number of nitrogens with zero attached hydrogens (tertiary/aromatic N) is 1. The predicted octanol–water partition coefficient (Wildman–Crippen LogP) is 3.82. The van der Waals surface area contributed by atoms with Crippen LogP contribution in [0, 0.1) is 11.3 Å². The first-order chi connectivity index (χ1) is 14.5. The lowest BCUT2D eigenvalue weighted by Gasteiger charge is -2.34. The number of allylic oxidation sites excluding steroid dienone is 2. The van der Waals surface area contributed by atoms with E-state index in [1.807, 2.05) is 24.3 Å². The van der Waals surface area contributed by atoms with Gasteiger partial charge >= 0.3 is 5.97 Å². The van der Waals surface area contributed by atoms with Gasteiger partial charge in [-0.15, -0.1) is 0 Å². The molecule has 1 aliphatic heterocycles. The third-order valence-corrected chi connectivity index (χ3v) is 5.35. The van der Waals surface area contributed by atoms with Crippen molar-refractivity contribution in [2.24, 2.45) is 0 Å².